The summed E-state index contributed by atoms with van der Waals surface area (Å²) in [7, 11) is -3.30. The van der Waals surface area contributed by atoms with Crippen molar-refractivity contribution < 1.29 is 13.6 Å². The average molecular weight is 248 g/mol. The highest BCUT2D eigenvalue weighted by Gasteiger charge is 2.53. The summed E-state index contributed by atoms with van der Waals surface area (Å²) in [6.45, 7) is 6.84. The molecule has 2 saturated heterocycles. The zero-order valence-corrected chi connectivity index (χ0v) is 11.0. The third kappa shape index (κ3) is 1.85. The van der Waals surface area contributed by atoms with Gasteiger partial charge in [-0.15, -0.1) is 0 Å². The molecule has 1 atom stereocenters. The van der Waals surface area contributed by atoms with Gasteiger partial charge in [0, 0.05) is 5.41 Å². The summed E-state index contributed by atoms with van der Waals surface area (Å²) >= 11 is 0. The van der Waals surface area contributed by atoms with Crippen LogP contribution in [-0.2, 0) is 13.6 Å². The lowest BCUT2D eigenvalue weighted by molar-refractivity contribution is 0.0245. The molecule has 94 valence electrons. The second kappa shape index (κ2) is 3.79. The topological polar surface area (TPSA) is 61.8 Å². The molecule has 2 aliphatic heterocycles. The van der Waals surface area contributed by atoms with Crippen LogP contribution in [-0.4, -0.2) is 30.1 Å². The van der Waals surface area contributed by atoms with Gasteiger partial charge in [0.1, 0.15) is 5.28 Å². The first-order valence-electron chi connectivity index (χ1n) is 5.63. The van der Waals surface area contributed by atoms with Gasteiger partial charge in [0.2, 0.25) is 0 Å². The van der Waals surface area contributed by atoms with Gasteiger partial charge in [-0.1, -0.05) is 13.8 Å². The number of hydrogen-bond acceptors (Lipinski definition) is 5. The van der Waals surface area contributed by atoms with Crippen molar-refractivity contribution in [1.29, 1.82) is 0 Å². The maximum absolute atomic E-state index is 12.6. The minimum Gasteiger partial charge on any atom is -0.784 e. The van der Waals surface area contributed by atoms with Crippen molar-refractivity contribution in [3.63, 3.8) is 0 Å². The van der Waals surface area contributed by atoms with E-state index in [1.165, 1.54) is 0 Å². The Balaban J connectivity index is 2.18. The van der Waals surface area contributed by atoms with Crippen molar-refractivity contribution >= 4 is 7.60 Å². The van der Waals surface area contributed by atoms with Crippen LogP contribution in [0.5, 0.6) is 0 Å². The summed E-state index contributed by atoms with van der Waals surface area (Å²) in [6.07, 6.45) is 1.33. The summed E-state index contributed by atoms with van der Waals surface area (Å²) in [6, 6.07) is 0. The molecule has 6 heteroatoms. The van der Waals surface area contributed by atoms with Crippen molar-refractivity contribution in [2.75, 3.05) is 19.8 Å². The maximum atomic E-state index is 12.6. The Morgan fingerprint density at radius 2 is 1.81 bits per heavy atom. The van der Waals surface area contributed by atoms with Crippen LogP contribution in [0.15, 0.2) is 0 Å². The largest absolute Gasteiger partial charge is 0.784 e. The first-order chi connectivity index (χ1) is 7.29. The van der Waals surface area contributed by atoms with E-state index in [9.17, 15) is 9.77 Å². The zero-order valence-electron chi connectivity index (χ0n) is 10.1. The molecule has 0 saturated carbocycles. The molecule has 0 radical (unpaired) electrons. The minimum atomic E-state index is -3.30. The summed E-state index contributed by atoms with van der Waals surface area (Å²) in [5.41, 5.74) is -0.128. The molecular weight excluding hydrogens is 229 g/mol. The predicted octanol–water partition coefficient (Wildman–Crippen LogP) is 2.56. The molecule has 2 rings (SSSR count). The minimum absolute atomic E-state index is 0.128. The van der Waals surface area contributed by atoms with Crippen LogP contribution in [0.3, 0.4) is 0 Å². The van der Waals surface area contributed by atoms with Gasteiger partial charge >= 0.3 is 7.60 Å². The lowest BCUT2D eigenvalue weighted by atomic mass is 9.97. The molecule has 0 amide bonds. The van der Waals surface area contributed by atoms with Gasteiger partial charge < -0.3 is 19.3 Å². The van der Waals surface area contributed by atoms with E-state index in [1.807, 2.05) is 13.8 Å². The SMILES string of the molecule is CC1(C)COP(=O)(C2(C)CCCN2[O-])OC1. The highest BCUT2D eigenvalue weighted by molar-refractivity contribution is 7.55. The van der Waals surface area contributed by atoms with E-state index in [2.05, 4.69) is 0 Å². The van der Waals surface area contributed by atoms with Crippen LogP contribution in [0.2, 0.25) is 0 Å². The van der Waals surface area contributed by atoms with Gasteiger partial charge in [-0.05, 0) is 26.3 Å². The lowest BCUT2D eigenvalue weighted by Crippen LogP contribution is -2.42. The molecule has 2 heterocycles. The van der Waals surface area contributed by atoms with Crippen LogP contribution >= 0.6 is 7.60 Å². The normalized spacial score (nSPS) is 38.8. The quantitative estimate of drug-likeness (QED) is 0.667. The maximum Gasteiger partial charge on any atom is 0.349 e. The van der Waals surface area contributed by atoms with E-state index in [4.69, 9.17) is 9.05 Å². The second-order valence-electron chi connectivity index (χ2n) is 5.63. The van der Waals surface area contributed by atoms with Gasteiger partial charge in [-0.25, -0.2) is 0 Å². The van der Waals surface area contributed by atoms with Gasteiger partial charge in [-0.3, -0.25) is 4.57 Å². The summed E-state index contributed by atoms with van der Waals surface area (Å²) < 4.78 is 23.4. The number of hydrogen-bond donors (Lipinski definition) is 0. The highest BCUT2D eigenvalue weighted by atomic mass is 31.2. The van der Waals surface area contributed by atoms with E-state index in [1.54, 1.807) is 6.92 Å². The van der Waals surface area contributed by atoms with Crippen LogP contribution in [0.25, 0.3) is 0 Å². The van der Waals surface area contributed by atoms with Crippen molar-refractivity contribution in [3.05, 3.63) is 5.21 Å². The molecule has 0 N–H and O–H groups in total. The monoisotopic (exact) mass is 248 g/mol. The van der Waals surface area contributed by atoms with Crippen LogP contribution in [0.1, 0.15) is 33.6 Å². The molecule has 0 spiro atoms. The third-order valence-corrected chi connectivity index (χ3v) is 5.95. The van der Waals surface area contributed by atoms with E-state index in [0.717, 1.165) is 11.5 Å². The van der Waals surface area contributed by atoms with Crippen molar-refractivity contribution in [2.24, 2.45) is 5.41 Å². The van der Waals surface area contributed by atoms with Gasteiger partial charge in [0.05, 0.1) is 13.2 Å². The molecular formula is C10H19NO4P-. The molecule has 0 aromatic heterocycles. The number of nitrogens with zero attached hydrogens (tertiary/aromatic N) is 1. The Bertz CT molecular complexity index is 319. The molecule has 2 fully saturated rings. The fourth-order valence-corrected chi connectivity index (χ4v) is 4.55. The number of hydroxylamine groups is 2. The molecule has 0 bridgehead atoms. The fourth-order valence-electron chi connectivity index (χ4n) is 2.07. The standard InChI is InChI=1S/C10H19NO4P/c1-9(2)7-14-16(13,15-8-9)10(3)5-4-6-11(10)12/h4-8H2,1-3H3/q-1. The Hall–Kier alpha value is 0.0700. The Labute approximate surface area is 96.2 Å². The van der Waals surface area contributed by atoms with Crippen molar-refractivity contribution in [3.8, 4) is 0 Å². The number of rotatable bonds is 1. The molecule has 16 heavy (non-hydrogen) atoms. The summed E-state index contributed by atoms with van der Waals surface area (Å²) in [5, 5.41) is 11.6. The second-order valence-corrected chi connectivity index (χ2v) is 8.11. The van der Waals surface area contributed by atoms with Gasteiger partial charge in [0.25, 0.3) is 0 Å². The molecule has 2 aliphatic rings. The molecule has 0 aliphatic carbocycles. The molecule has 1 unspecified atom stereocenters. The van der Waals surface area contributed by atoms with E-state index < -0.39 is 12.9 Å². The van der Waals surface area contributed by atoms with E-state index in [0.29, 0.717) is 26.2 Å². The summed E-state index contributed by atoms with van der Waals surface area (Å²) in [4.78, 5) is 0. The Morgan fingerprint density at radius 3 is 2.25 bits per heavy atom. The molecule has 0 aromatic rings. The predicted molar refractivity (Wildman–Crippen MR) is 61.0 cm³/mol. The van der Waals surface area contributed by atoms with Crippen LogP contribution in [0.4, 0.5) is 0 Å². The fraction of sp³-hybridized carbons (Fsp3) is 1.00. The molecule has 5 nitrogen and oxygen atoms in total. The zero-order chi connectivity index (χ0) is 12.0. The summed E-state index contributed by atoms with van der Waals surface area (Å²) in [5.74, 6) is 0. The average Bonchev–Trinajstić information content (AvgIpc) is 2.54. The lowest BCUT2D eigenvalue weighted by Gasteiger charge is -2.47. The van der Waals surface area contributed by atoms with Crippen LogP contribution < -0.4 is 0 Å². The van der Waals surface area contributed by atoms with E-state index in [-0.39, 0.29) is 5.41 Å². The van der Waals surface area contributed by atoms with Gasteiger partial charge in [0.15, 0.2) is 0 Å². The first-order valence-corrected chi connectivity index (χ1v) is 7.17. The van der Waals surface area contributed by atoms with Crippen molar-refractivity contribution in [1.82, 2.24) is 5.06 Å². The third-order valence-electron chi connectivity index (χ3n) is 3.39. The molecule has 0 aromatic carbocycles. The van der Waals surface area contributed by atoms with E-state index >= 15 is 0 Å². The van der Waals surface area contributed by atoms with Crippen molar-refractivity contribution in [2.45, 2.75) is 38.9 Å². The van der Waals surface area contributed by atoms with Gasteiger partial charge in [-0.2, -0.15) is 0 Å². The smallest absolute Gasteiger partial charge is 0.349 e. The van der Waals surface area contributed by atoms with Crippen LogP contribution in [0, 0.1) is 10.6 Å². The first kappa shape index (κ1) is 12.5. The Kier molecular flexibility index (Phi) is 2.96. The Morgan fingerprint density at radius 1 is 1.25 bits per heavy atom. The highest BCUT2D eigenvalue weighted by Crippen LogP contribution is 2.67.